The first-order valence-corrected chi connectivity index (χ1v) is 22.8. The van der Waals surface area contributed by atoms with E-state index in [9.17, 15) is 4.79 Å². The van der Waals surface area contributed by atoms with Crippen LogP contribution in [0.5, 0.6) is 0 Å². The molecule has 60 heavy (non-hydrogen) atoms. The molecule has 5 aliphatic rings. The summed E-state index contributed by atoms with van der Waals surface area (Å²) in [4.78, 5) is 37.0. The van der Waals surface area contributed by atoms with Gasteiger partial charge in [0.1, 0.15) is 22.9 Å². The summed E-state index contributed by atoms with van der Waals surface area (Å²) in [6, 6.07) is 16.3. The zero-order valence-corrected chi connectivity index (χ0v) is 35.6. The number of amides is 1. The third-order valence-corrected chi connectivity index (χ3v) is 14.2. The lowest BCUT2D eigenvalue weighted by atomic mass is 10.0. The maximum absolute atomic E-state index is 16.3. The number of hydrogen-bond acceptors (Lipinski definition) is 7. The number of benzene rings is 3. The van der Waals surface area contributed by atoms with Crippen LogP contribution in [0.4, 0.5) is 25.0 Å². The maximum Gasteiger partial charge on any atom is 0.411 e. The van der Waals surface area contributed by atoms with E-state index in [-0.39, 0.29) is 42.0 Å². The van der Waals surface area contributed by atoms with Gasteiger partial charge in [0.25, 0.3) is 0 Å². The van der Waals surface area contributed by atoms with Crippen LogP contribution in [0.25, 0.3) is 22.1 Å². The first-order valence-electron chi connectivity index (χ1n) is 22.8. The van der Waals surface area contributed by atoms with Gasteiger partial charge >= 0.3 is 6.09 Å². The van der Waals surface area contributed by atoms with Crippen LogP contribution in [0.3, 0.4) is 0 Å². The Hall–Kier alpha value is -4.71. The number of ether oxygens (including phenoxy) is 1. The number of piperidine rings is 1. The molecule has 7 unspecified atom stereocenters. The Morgan fingerprint density at radius 1 is 0.783 bits per heavy atom. The van der Waals surface area contributed by atoms with Crippen LogP contribution in [0, 0.1) is 17.6 Å². The van der Waals surface area contributed by atoms with Gasteiger partial charge in [-0.3, -0.25) is 4.90 Å². The van der Waals surface area contributed by atoms with Crippen LogP contribution < -0.4 is 15.1 Å². The molecule has 10 nitrogen and oxygen atoms in total. The number of fused-ring (bicyclic) bond motifs is 3. The van der Waals surface area contributed by atoms with Gasteiger partial charge in [0, 0.05) is 30.9 Å². The first kappa shape index (κ1) is 39.4. The highest BCUT2D eigenvalue weighted by atomic mass is 19.1. The zero-order valence-electron chi connectivity index (χ0n) is 35.6. The number of H-pyrrole nitrogens is 2. The summed E-state index contributed by atoms with van der Waals surface area (Å²) in [5.41, 5.74) is 5.78. The molecule has 0 radical (unpaired) electrons. The average molecular weight is 819 g/mol. The maximum atomic E-state index is 16.3. The van der Waals surface area contributed by atoms with E-state index in [1.54, 1.807) is 12.1 Å². The number of imidazole rings is 2. The Balaban J connectivity index is 0.990. The van der Waals surface area contributed by atoms with Gasteiger partial charge < -0.3 is 29.8 Å². The van der Waals surface area contributed by atoms with E-state index in [0.29, 0.717) is 24.8 Å². The van der Waals surface area contributed by atoms with Crippen molar-refractivity contribution in [2.24, 2.45) is 5.92 Å². The minimum atomic E-state index is -0.603. The monoisotopic (exact) mass is 818 g/mol. The van der Waals surface area contributed by atoms with Crippen molar-refractivity contribution in [1.82, 2.24) is 30.2 Å². The molecule has 12 heteroatoms. The molecular formula is C48H60F2N8O2. The number of nitrogens with one attached hydrogen (secondary N) is 3. The smallest absolute Gasteiger partial charge is 0.411 e. The van der Waals surface area contributed by atoms with Gasteiger partial charge in [-0.05, 0) is 145 Å². The Bertz CT molecular complexity index is 2350. The number of aromatic nitrogens is 4. The second kappa shape index (κ2) is 15.6. The fourth-order valence-electron chi connectivity index (χ4n) is 11.5. The first-order chi connectivity index (χ1) is 29.0. The van der Waals surface area contributed by atoms with Crippen molar-refractivity contribution in [2.45, 2.75) is 153 Å². The van der Waals surface area contributed by atoms with Crippen LogP contribution >= 0.6 is 0 Å². The van der Waals surface area contributed by atoms with Crippen molar-refractivity contribution in [1.29, 1.82) is 0 Å². The number of halogens is 2. The SMILES string of the molecule is CCCC1CCC(c2nc3ccc(C4CCC(c5ccc6nc(C7CC8CCCC8N7)[nH]c6c5)N4c4cc(F)c(N5CCCCC5)c(F)c4)cc3[nH]2)N1C(=O)OC(C)(C)C. The van der Waals surface area contributed by atoms with Crippen molar-refractivity contribution in [2.75, 3.05) is 22.9 Å². The molecule has 0 spiro atoms. The quantitative estimate of drug-likeness (QED) is 0.143. The summed E-state index contributed by atoms with van der Waals surface area (Å²) in [5.74, 6) is 1.45. The molecule has 5 aromatic rings. The Morgan fingerprint density at radius 3 is 2.05 bits per heavy atom. The number of likely N-dealkylation sites (tertiary alicyclic amines) is 1. The van der Waals surface area contributed by atoms with Crippen molar-refractivity contribution in [3.8, 4) is 0 Å². The number of nitrogens with zero attached hydrogens (tertiary/aromatic N) is 5. The molecule has 3 N–H and O–H groups in total. The summed E-state index contributed by atoms with van der Waals surface area (Å²) in [5, 5.41) is 3.84. The molecule has 4 saturated heterocycles. The van der Waals surface area contributed by atoms with Crippen molar-refractivity contribution < 1.29 is 18.3 Å². The second-order valence-electron chi connectivity index (χ2n) is 19.3. The molecule has 0 bridgehead atoms. The molecule has 2 aromatic heterocycles. The number of rotatable bonds is 8. The summed E-state index contributed by atoms with van der Waals surface area (Å²) in [6.07, 6.45) is 12.8. The molecule has 1 aliphatic carbocycles. The molecule has 318 valence electrons. The Morgan fingerprint density at radius 2 is 1.42 bits per heavy atom. The number of hydrogen-bond donors (Lipinski definition) is 3. The topological polar surface area (TPSA) is 105 Å². The minimum Gasteiger partial charge on any atom is -0.444 e. The highest BCUT2D eigenvalue weighted by molar-refractivity contribution is 5.78. The van der Waals surface area contributed by atoms with Gasteiger partial charge in [0.05, 0.1) is 46.2 Å². The lowest BCUT2D eigenvalue weighted by Gasteiger charge is -2.35. The number of carbonyl (C=O) groups excluding carboxylic acids is 1. The lowest BCUT2D eigenvalue weighted by molar-refractivity contribution is 0.0129. The third kappa shape index (κ3) is 7.30. The molecule has 5 fully saturated rings. The summed E-state index contributed by atoms with van der Waals surface area (Å²) >= 11 is 0. The van der Waals surface area contributed by atoms with Crippen molar-refractivity contribution >= 4 is 39.5 Å². The van der Waals surface area contributed by atoms with Gasteiger partial charge in [-0.2, -0.15) is 0 Å². The largest absolute Gasteiger partial charge is 0.444 e. The molecular weight excluding hydrogens is 759 g/mol. The Labute approximate surface area is 351 Å². The molecule has 7 atom stereocenters. The van der Waals surface area contributed by atoms with Crippen molar-refractivity contribution in [3.63, 3.8) is 0 Å². The summed E-state index contributed by atoms with van der Waals surface area (Å²) in [6.45, 7) is 9.18. The standard InChI is InChI=1S/C48H60F2N8O2/c1-5-10-31-15-18-43(58(31)47(59)60-48(2,3)4)46-53-37-17-14-30(25-39(37)55-46)42-20-19-41(57(42)32-26-33(49)44(34(50)27-32)56-21-7-6-8-22-56)29-13-16-36-38(24-29)54-45(52-36)40-23-28-11-9-12-35(28)51-40/h13-14,16-17,24-28,31,35,40-43,51H,5-12,15,18-23H2,1-4H3,(H,52,54)(H,53,55). The van der Waals surface area contributed by atoms with E-state index in [0.717, 1.165) is 115 Å². The fourth-order valence-corrected chi connectivity index (χ4v) is 11.5. The number of carbonyl (C=O) groups is 1. The van der Waals surface area contributed by atoms with Crippen LogP contribution in [-0.2, 0) is 4.74 Å². The number of anilines is 2. The van der Waals surface area contributed by atoms with Crippen LogP contribution in [0.1, 0.15) is 158 Å². The highest BCUT2D eigenvalue weighted by Crippen LogP contribution is 2.49. The molecule has 1 saturated carbocycles. The van der Waals surface area contributed by atoms with E-state index in [1.165, 1.54) is 19.3 Å². The van der Waals surface area contributed by atoms with Gasteiger partial charge in [0.15, 0.2) is 11.6 Å². The van der Waals surface area contributed by atoms with E-state index < -0.39 is 17.2 Å². The second-order valence-corrected chi connectivity index (χ2v) is 19.3. The Kier molecular flexibility index (Phi) is 10.3. The molecule has 6 heterocycles. The van der Waals surface area contributed by atoms with E-state index >= 15 is 8.78 Å². The summed E-state index contributed by atoms with van der Waals surface area (Å²) < 4.78 is 38.5. The van der Waals surface area contributed by atoms with E-state index in [2.05, 4.69) is 57.4 Å². The van der Waals surface area contributed by atoms with Gasteiger partial charge in [0.2, 0.25) is 0 Å². The van der Waals surface area contributed by atoms with E-state index in [4.69, 9.17) is 14.7 Å². The van der Waals surface area contributed by atoms with Crippen LogP contribution in [0.2, 0.25) is 0 Å². The third-order valence-electron chi connectivity index (χ3n) is 14.2. The van der Waals surface area contributed by atoms with Crippen LogP contribution in [-0.4, -0.2) is 61.7 Å². The lowest BCUT2D eigenvalue weighted by Crippen LogP contribution is -2.41. The summed E-state index contributed by atoms with van der Waals surface area (Å²) in [7, 11) is 0. The van der Waals surface area contributed by atoms with E-state index in [1.807, 2.05) is 36.6 Å². The predicted molar refractivity (Wildman–Crippen MR) is 232 cm³/mol. The van der Waals surface area contributed by atoms with Crippen LogP contribution in [0.15, 0.2) is 48.5 Å². The fraction of sp³-hybridized carbons (Fsp3) is 0.562. The molecule has 3 aromatic carbocycles. The number of aromatic amines is 2. The average Bonchev–Trinajstić information content (AvgIpc) is 4.07. The van der Waals surface area contributed by atoms with Gasteiger partial charge in [-0.15, -0.1) is 0 Å². The zero-order chi connectivity index (χ0) is 41.3. The predicted octanol–water partition coefficient (Wildman–Crippen LogP) is 11.2. The van der Waals surface area contributed by atoms with Crippen molar-refractivity contribution in [3.05, 3.63) is 82.9 Å². The minimum absolute atomic E-state index is 0.0849. The normalized spacial score (nSPS) is 27.2. The van der Waals surface area contributed by atoms with Gasteiger partial charge in [-0.1, -0.05) is 31.9 Å². The molecule has 1 amide bonds. The highest BCUT2D eigenvalue weighted by Gasteiger charge is 2.42. The van der Waals surface area contributed by atoms with Gasteiger partial charge in [-0.25, -0.2) is 23.5 Å². The molecule has 4 aliphatic heterocycles. The molecule has 10 rings (SSSR count).